The molecule has 0 fully saturated rings. The van der Waals surface area contributed by atoms with Crippen molar-refractivity contribution in [2.75, 3.05) is 52.6 Å². The van der Waals surface area contributed by atoms with E-state index in [2.05, 4.69) is 35.9 Å². The number of nitrogens with two attached hydrogens (primary N) is 6. The summed E-state index contributed by atoms with van der Waals surface area (Å²) in [5.74, 6) is -5.48. The molecule has 61 heavy (non-hydrogen) atoms. The van der Waals surface area contributed by atoms with Gasteiger partial charge in [0.15, 0.2) is 23.8 Å². The summed E-state index contributed by atoms with van der Waals surface area (Å²) in [4.78, 5) is 51.0. The smallest absolute Gasteiger partial charge is 0.370 e. The summed E-state index contributed by atoms with van der Waals surface area (Å²) in [6.45, 7) is 6.32. The van der Waals surface area contributed by atoms with E-state index < -0.39 is 103 Å². The van der Waals surface area contributed by atoms with Gasteiger partial charge in [-0.05, 0) is 30.9 Å². The van der Waals surface area contributed by atoms with Crippen LogP contribution in [0.15, 0.2) is 43.6 Å². The highest BCUT2D eigenvalue weighted by atomic mass is 16.5. The molecule has 0 radical (unpaired) electrons. The summed E-state index contributed by atoms with van der Waals surface area (Å²) in [7, 11) is 0. The highest BCUT2D eigenvalue weighted by molar-refractivity contribution is 5.86. The van der Waals surface area contributed by atoms with Gasteiger partial charge in [0, 0.05) is 40.6 Å². The number of nitrogens with zero attached hydrogens (tertiary/aromatic N) is 4. The topological polar surface area (TPSA) is 451 Å². The van der Waals surface area contributed by atoms with Gasteiger partial charge in [0.2, 0.25) is 17.4 Å². The van der Waals surface area contributed by atoms with Gasteiger partial charge in [-0.2, -0.15) is 0 Å². The van der Waals surface area contributed by atoms with Crippen LogP contribution in [0, 0.1) is 11.8 Å². The number of aliphatic imine (C=N–C) groups is 4. The lowest BCUT2D eigenvalue weighted by Gasteiger charge is -2.38. The van der Waals surface area contributed by atoms with Gasteiger partial charge in [-0.25, -0.2) is 19.6 Å². The maximum atomic E-state index is 11.9. The maximum Gasteiger partial charge on any atom is 0.370 e. The van der Waals surface area contributed by atoms with E-state index in [0.29, 0.717) is 26.4 Å². The zero-order valence-electron chi connectivity index (χ0n) is 34.4. The predicted octanol–water partition coefficient (Wildman–Crippen LogP) is -5.91. The van der Waals surface area contributed by atoms with Crippen molar-refractivity contribution in [1.29, 1.82) is 0 Å². The number of amides is 1. The van der Waals surface area contributed by atoms with Crippen LogP contribution in [-0.4, -0.2) is 180 Å². The summed E-state index contributed by atoms with van der Waals surface area (Å²) in [6.07, 6.45) is -5.11. The van der Waals surface area contributed by atoms with Crippen molar-refractivity contribution < 1.29 is 65.4 Å². The fourth-order valence-electron chi connectivity index (χ4n) is 6.00. The Labute approximate surface area is 353 Å². The van der Waals surface area contributed by atoms with E-state index in [1.165, 1.54) is 13.0 Å². The minimum Gasteiger partial charge on any atom is -0.480 e. The molecular formula is C35H65N13O13. The molecule has 0 aromatic rings. The Hall–Kier alpha value is -5.67. The van der Waals surface area contributed by atoms with Gasteiger partial charge in [0.05, 0.1) is 44.4 Å². The Morgan fingerprint density at radius 1 is 0.738 bits per heavy atom. The van der Waals surface area contributed by atoms with E-state index in [4.69, 9.17) is 53.3 Å². The molecular weight excluding hydrogens is 810 g/mol. The number of rotatable bonds is 25. The molecule has 21 N–H and O–H groups in total. The lowest BCUT2D eigenvalue weighted by molar-refractivity contribution is -0.145. The third-order valence-electron chi connectivity index (χ3n) is 9.31. The van der Waals surface area contributed by atoms with Crippen molar-refractivity contribution in [3.63, 3.8) is 0 Å². The molecule has 0 saturated heterocycles. The number of carbonyl (C=O) groups is 3. The van der Waals surface area contributed by atoms with Crippen LogP contribution in [0.25, 0.3) is 0 Å². The summed E-state index contributed by atoms with van der Waals surface area (Å²) in [5.41, 5.74) is 33.6. The van der Waals surface area contributed by atoms with Crippen molar-refractivity contribution in [2.24, 2.45) is 66.2 Å². The molecule has 2 heterocycles. The third kappa shape index (κ3) is 18.2. The zero-order chi connectivity index (χ0) is 45.8. The molecule has 2 aliphatic heterocycles. The van der Waals surface area contributed by atoms with Crippen LogP contribution < -0.4 is 50.4 Å². The minimum atomic E-state index is -1.74. The van der Waals surface area contributed by atoms with E-state index in [1.54, 1.807) is 6.92 Å². The molecule has 1 amide bonds. The second kappa shape index (κ2) is 25.8. The first-order valence-electron chi connectivity index (χ1n) is 19.3. The van der Waals surface area contributed by atoms with E-state index in [9.17, 15) is 45.0 Å². The molecule has 0 aliphatic carbocycles. The summed E-state index contributed by atoms with van der Waals surface area (Å²) < 4.78 is 22.1. The van der Waals surface area contributed by atoms with Gasteiger partial charge in [-0.15, -0.1) is 0 Å². The van der Waals surface area contributed by atoms with Crippen LogP contribution >= 0.6 is 0 Å². The van der Waals surface area contributed by atoms with Crippen molar-refractivity contribution >= 4 is 41.7 Å². The first-order valence-corrected chi connectivity index (χ1v) is 19.3. The van der Waals surface area contributed by atoms with Crippen LogP contribution in [0.5, 0.6) is 0 Å². The van der Waals surface area contributed by atoms with Crippen LogP contribution in [0.2, 0.25) is 0 Å². The Balaban J connectivity index is 0.0000192. The number of carbonyl (C=O) groups excluding carboxylic acids is 1. The van der Waals surface area contributed by atoms with Crippen LogP contribution in [0.4, 0.5) is 0 Å². The minimum absolute atomic E-state index is 0. The number of nitrogens with one attached hydrogen (secondary N) is 3. The van der Waals surface area contributed by atoms with Gasteiger partial charge < -0.3 is 99.9 Å². The van der Waals surface area contributed by atoms with E-state index in [1.807, 2.05) is 6.92 Å². The highest BCUT2D eigenvalue weighted by Crippen LogP contribution is 2.29. The summed E-state index contributed by atoms with van der Waals surface area (Å²) in [6, 6.07) is -3.05. The first-order chi connectivity index (χ1) is 28.7. The lowest BCUT2D eigenvalue weighted by Crippen LogP contribution is -2.59. The first kappa shape index (κ1) is 51.5. The second-order valence-corrected chi connectivity index (χ2v) is 14.3. The molecule has 348 valence electrons. The fraction of sp³-hybridized carbons (Fsp3) is 0.686. The van der Waals surface area contributed by atoms with Crippen LogP contribution in [-0.2, 0) is 33.3 Å². The largest absolute Gasteiger partial charge is 0.480 e. The van der Waals surface area contributed by atoms with Gasteiger partial charge in [-0.3, -0.25) is 14.8 Å². The van der Waals surface area contributed by atoms with Gasteiger partial charge in [0.1, 0.15) is 36.6 Å². The summed E-state index contributed by atoms with van der Waals surface area (Å²) in [5, 5.41) is 69.8. The summed E-state index contributed by atoms with van der Waals surface area (Å²) >= 11 is 0. The Morgan fingerprint density at radius 2 is 1.16 bits per heavy atom. The number of guanidine groups is 4. The number of carboxylic acids is 2. The molecule has 1 unspecified atom stereocenters. The molecule has 0 aromatic heterocycles. The number of hydrogen-bond donors (Lipinski definition) is 15. The molecule has 0 spiro atoms. The molecule has 2 rings (SSSR count). The average Bonchev–Trinajstić information content (AvgIpc) is 3.18. The Bertz CT molecular complexity index is 1630. The standard InChI is InChI=1S/C35H63N13O13.H2/c1-16(4-8-58-10-6-42-34(40)44-14-21(50)26(52)28-17(2)19(47-32(36)37)12-23(60-28)30(54)55)5-9-59-11-7-43-35(41)45-15-22(51)27(53)29-25(46-18(3)49)20(48-33(38)39)13-24(61-29)31(56)57;/h12-13,16-17,19-22,25-29,50-53H,4-11,14-15H2,1-3H3,(H,46,49)(H,54,55)(H,56,57)(H4,36,37,47)(H4,38,39,48)(H3,40,42,44)(H3,41,43,45);1H/t16?,17-,19+,20+,21-,22-,25-,26-,27-,28-,29-;/m1./s1/i;1+2. The normalized spacial score (nSPS) is 24.2. The van der Waals surface area contributed by atoms with E-state index in [0.717, 1.165) is 18.9 Å². The lowest BCUT2D eigenvalue weighted by atomic mass is 9.87. The molecule has 0 aromatic carbocycles. The maximum absolute atomic E-state index is 11.9. The van der Waals surface area contributed by atoms with Crippen LogP contribution in [0.3, 0.4) is 0 Å². The molecule has 11 atom stereocenters. The molecule has 26 nitrogen and oxygen atoms in total. The highest BCUT2D eigenvalue weighted by Gasteiger charge is 2.44. The van der Waals surface area contributed by atoms with Crippen LogP contribution in [0.1, 0.15) is 35.0 Å². The van der Waals surface area contributed by atoms with Crippen molar-refractivity contribution in [2.45, 2.75) is 88.4 Å². The average molecular weight is 878 g/mol. The van der Waals surface area contributed by atoms with Crippen molar-refractivity contribution in [1.82, 2.24) is 16.0 Å². The van der Waals surface area contributed by atoms with Gasteiger partial charge in [0.25, 0.3) is 0 Å². The zero-order valence-corrected chi connectivity index (χ0v) is 34.4. The van der Waals surface area contributed by atoms with Crippen molar-refractivity contribution in [3.05, 3.63) is 23.7 Å². The van der Waals surface area contributed by atoms with E-state index >= 15 is 0 Å². The predicted molar refractivity (Wildman–Crippen MR) is 222 cm³/mol. The molecule has 2 aliphatic rings. The third-order valence-corrected chi connectivity index (χ3v) is 9.31. The Morgan fingerprint density at radius 3 is 1.61 bits per heavy atom. The van der Waals surface area contributed by atoms with E-state index in [-0.39, 0.29) is 44.9 Å². The fourth-order valence-corrected chi connectivity index (χ4v) is 6.00. The second-order valence-electron chi connectivity index (χ2n) is 14.3. The number of aliphatic hydroxyl groups excluding tert-OH is 4. The Kier molecular flexibility index (Phi) is 21.8. The number of hydrogen-bond acceptors (Lipinski definition) is 15. The quantitative estimate of drug-likeness (QED) is 0.0231. The van der Waals surface area contributed by atoms with Gasteiger partial charge >= 0.3 is 11.9 Å². The molecule has 26 heteroatoms. The van der Waals surface area contributed by atoms with Gasteiger partial charge in [-0.1, -0.05) is 13.8 Å². The number of carboxylic acid groups (broad SMARTS) is 2. The monoisotopic (exact) mass is 877 g/mol. The number of aliphatic carboxylic acids is 2. The SMILES string of the molecule is CC(=O)N[C@H]1[C@H]([C@H](O)[C@H](O)CN=C(N)NCCOCCC(C)CCOCCNC(N)=NC[C@@H](O)[C@@H](O)[C@@H]2OC(C(=O)O)=C[C@H](N=C(N)N)[C@H]2C)OC(C(=O)O)=C[C@@H]1N=C(N)N.[3HH]. The number of aliphatic hydroxyl groups is 4. The molecule has 0 bridgehead atoms. The number of ether oxygens (including phenoxy) is 4. The van der Waals surface area contributed by atoms with Crippen molar-refractivity contribution in [3.8, 4) is 0 Å². The molecule has 0 saturated carbocycles.